The summed E-state index contributed by atoms with van der Waals surface area (Å²) >= 11 is 1.39. The summed E-state index contributed by atoms with van der Waals surface area (Å²) in [6.45, 7) is 0.751. The van der Waals surface area contributed by atoms with Crippen molar-refractivity contribution in [2.75, 3.05) is 25.6 Å². The van der Waals surface area contributed by atoms with Crippen LogP contribution < -0.4 is 5.32 Å². The van der Waals surface area contributed by atoms with Gasteiger partial charge in [-0.25, -0.2) is 4.39 Å². The number of hydrogen-bond acceptors (Lipinski definition) is 5. The Bertz CT molecular complexity index is 800. The van der Waals surface area contributed by atoms with Crippen LogP contribution in [0.1, 0.15) is 11.3 Å². The van der Waals surface area contributed by atoms with Crippen LogP contribution in [0.3, 0.4) is 0 Å². The molecule has 0 fully saturated rings. The lowest BCUT2D eigenvalue weighted by atomic mass is 10.2. The lowest BCUT2D eigenvalue weighted by Gasteiger charge is -2.14. The lowest BCUT2D eigenvalue weighted by Crippen LogP contribution is -2.33. The van der Waals surface area contributed by atoms with Crippen LogP contribution in [0.25, 0.3) is 5.57 Å². The van der Waals surface area contributed by atoms with E-state index >= 15 is 0 Å². The van der Waals surface area contributed by atoms with Gasteiger partial charge < -0.3 is 10.1 Å². The fourth-order valence-corrected chi connectivity index (χ4v) is 3.36. The molecule has 0 radical (unpaired) electrons. The molecule has 25 heavy (non-hydrogen) atoms. The molecule has 2 heterocycles. The molecule has 5 nitrogen and oxygen atoms in total. The van der Waals surface area contributed by atoms with Gasteiger partial charge in [0, 0.05) is 30.8 Å². The summed E-state index contributed by atoms with van der Waals surface area (Å²) in [5.41, 5.74) is 1.11. The van der Waals surface area contributed by atoms with Gasteiger partial charge in [-0.05, 0) is 42.1 Å². The van der Waals surface area contributed by atoms with Crippen LogP contribution in [0, 0.1) is 5.82 Å². The minimum atomic E-state index is -0.381. The van der Waals surface area contributed by atoms with E-state index in [0.29, 0.717) is 24.3 Å². The SMILES string of the molecule is COCCCN1C(=O)C(Nc2ccc(F)cc2)=C(c2cccs2)C1=O. The summed E-state index contributed by atoms with van der Waals surface area (Å²) < 4.78 is 18.1. The van der Waals surface area contributed by atoms with E-state index in [2.05, 4.69) is 5.32 Å². The highest BCUT2D eigenvalue weighted by molar-refractivity contribution is 7.11. The maximum absolute atomic E-state index is 13.1. The van der Waals surface area contributed by atoms with Gasteiger partial charge in [0.05, 0.1) is 5.57 Å². The van der Waals surface area contributed by atoms with Crippen molar-refractivity contribution >= 4 is 34.4 Å². The van der Waals surface area contributed by atoms with E-state index in [1.165, 1.54) is 40.5 Å². The van der Waals surface area contributed by atoms with Crippen LogP contribution in [0.4, 0.5) is 10.1 Å². The van der Waals surface area contributed by atoms with Gasteiger partial charge in [-0.15, -0.1) is 11.3 Å². The van der Waals surface area contributed by atoms with Gasteiger partial charge in [-0.1, -0.05) is 6.07 Å². The van der Waals surface area contributed by atoms with Crippen LogP contribution >= 0.6 is 11.3 Å². The molecule has 0 bridgehead atoms. The first-order valence-electron chi connectivity index (χ1n) is 7.77. The smallest absolute Gasteiger partial charge is 0.278 e. The highest BCUT2D eigenvalue weighted by atomic mass is 32.1. The monoisotopic (exact) mass is 360 g/mol. The summed E-state index contributed by atoms with van der Waals surface area (Å²) in [5, 5.41) is 4.83. The molecule has 0 saturated heterocycles. The first-order chi connectivity index (χ1) is 12.1. The third kappa shape index (κ3) is 3.62. The highest BCUT2D eigenvalue weighted by Crippen LogP contribution is 2.32. The minimum absolute atomic E-state index is 0.219. The molecular weight excluding hydrogens is 343 g/mol. The Balaban J connectivity index is 1.92. The first-order valence-corrected chi connectivity index (χ1v) is 8.65. The third-order valence-corrected chi connectivity index (χ3v) is 4.67. The topological polar surface area (TPSA) is 58.6 Å². The van der Waals surface area contributed by atoms with E-state index in [9.17, 15) is 14.0 Å². The number of imide groups is 1. The molecule has 3 rings (SSSR count). The maximum atomic E-state index is 13.1. The number of nitrogens with zero attached hydrogens (tertiary/aromatic N) is 1. The third-order valence-electron chi connectivity index (χ3n) is 3.78. The average Bonchev–Trinajstić information content (AvgIpc) is 3.20. The number of amides is 2. The number of ether oxygens (including phenoxy) is 1. The quantitative estimate of drug-likeness (QED) is 0.609. The Hall–Kier alpha value is -2.51. The average molecular weight is 360 g/mol. The van der Waals surface area contributed by atoms with E-state index in [4.69, 9.17) is 4.74 Å². The second kappa shape index (κ2) is 7.58. The molecule has 130 valence electrons. The zero-order valence-electron chi connectivity index (χ0n) is 13.6. The van der Waals surface area contributed by atoms with E-state index in [1.807, 2.05) is 11.4 Å². The molecule has 0 saturated carbocycles. The molecule has 7 heteroatoms. The number of hydrogen-bond donors (Lipinski definition) is 1. The summed E-state index contributed by atoms with van der Waals surface area (Å²) in [4.78, 5) is 27.5. The molecule has 1 N–H and O–H groups in total. The predicted octanol–water partition coefficient (Wildman–Crippen LogP) is 3.12. The molecule has 1 aliphatic heterocycles. The number of nitrogens with one attached hydrogen (secondary N) is 1. The van der Waals surface area contributed by atoms with Gasteiger partial charge in [0.2, 0.25) is 0 Å². The van der Waals surface area contributed by atoms with Gasteiger partial charge in [0.25, 0.3) is 11.8 Å². The van der Waals surface area contributed by atoms with Crippen molar-refractivity contribution in [1.82, 2.24) is 4.90 Å². The lowest BCUT2D eigenvalue weighted by molar-refractivity contribution is -0.136. The molecule has 2 aromatic rings. The first kappa shape index (κ1) is 17.3. The van der Waals surface area contributed by atoms with Crippen LogP contribution in [-0.4, -0.2) is 37.0 Å². The predicted molar refractivity (Wildman–Crippen MR) is 94.5 cm³/mol. The number of thiophene rings is 1. The van der Waals surface area contributed by atoms with E-state index in [0.717, 1.165) is 4.88 Å². The van der Waals surface area contributed by atoms with Crippen molar-refractivity contribution in [3.05, 3.63) is 58.2 Å². The van der Waals surface area contributed by atoms with Gasteiger partial charge in [-0.2, -0.15) is 0 Å². The summed E-state index contributed by atoms with van der Waals surface area (Å²) in [5.74, 6) is -1.07. The van der Waals surface area contributed by atoms with Gasteiger partial charge in [0.1, 0.15) is 11.5 Å². The van der Waals surface area contributed by atoms with E-state index in [1.54, 1.807) is 13.2 Å². The van der Waals surface area contributed by atoms with Crippen molar-refractivity contribution < 1.29 is 18.7 Å². The Kier molecular flexibility index (Phi) is 5.25. The van der Waals surface area contributed by atoms with Crippen molar-refractivity contribution in [2.24, 2.45) is 0 Å². The van der Waals surface area contributed by atoms with Gasteiger partial charge in [-0.3, -0.25) is 14.5 Å². The zero-order valence-corrected chi connectivity index (χ0v) is 14.4. The molecule has 0 atom stereocenters. The molecule has 1 aliphatic rings. The van der Waals surface area contributed by atoms with E-state index < -0.39 is 0 Å². The van der Waals surface area contributed by atoms with Gasteiger partial charge in [0.15, 0.2) is 0 Å². The fourth-order valence-electron chi connectivity index (χ4n) is 2.59. The standard InChI is InChI=1S/C18H17FN2O3S/c1-24-10-3-9-21-17(22)15(14-4-2-11-25-14)16(18(21)23)20-13-7-5-12(19)6-8-13/h2,4-8,11,20H,3,9-10H2,1H3. The number of halogens is 1. The summed E-state index contributed by atoms with van der Waals surface area (Å²) in [7, 11) is 1.57. The number of carbonyl (C=O) groups excluding carboxylic acids is 2. The molecule has 2 amide bonds. The maximum Gasteiger partial charge on any atom is 0.278 e. The van der Waals surface area contributed by atoms with Crippen LogP contribution in [-0.2, 0) is 14.3 Å². The normalized spacial score (nSPS) is 14.6. The molecule has 0 aliphatic carbocycles. The highest BCUT2D eigenvalue weighted by Gasteiger charge is 2.39. The second-order valence-corrected chi connectivity index (χ2v) is 6.42. The van der Waals surface area contributed by atoms with Crippen molar-refractivity contribution in [2.45, 2.75) is 6.42 Å². The number of methoxy groups -OCH3 is 1. The molecule has 1 aromatic heterocycles. The number of rotatable bonds is 7. The Labute approximate surface area is 148 Å². The molecule has 0 spiro atoms. The summed E-state index contributed by atoms with van der Waals surface area (Å²) in [6.07, 6.45) is 0.565. The van der Waals surface area contributed by atoms with E-state index in [-0.39, 0.29) is 29.9 Å². The van der Waals surface area contributed by atoms with Crippen LogP contribution in [0.5, 0.6) is 0 Å². The number of anilines is 1. The Morgan fingerprint density at radius 1 is 1.16 bits per heavy atom. The molecule has 0 unspecified atom stereocenters. The number of benzene rings is 1. The van der Waals surface area contributed by atoms with Crippen molar-refractivity contribution in [1.29, 1.82) is 0 Å². The molecule has 1 aromatic carbocycles. The zero-order chi connectivity index (χ0) is 17.8. The number of carbonyl (C=O) groups is 2. The van der Waals surface area contributed by atoms with Crippen molar-refractivity contribution in [3.8, 4) is 0 Å². The minimum Gasteiger partial charge on any atom is -0.385 e. The van der Waals surface area contributed by atoms with Gasteiger partial charge >= 0.3 is 0 Å². The van der Waals surface area contributed by atoms with Crippen molar-refractivity contribution in [3.63, 3.8) is 0 Å². The summed E-state index contributed by atoms with van der Waals surface area (Å²) in [6, 6.07) is 9.28. The Morgan fingerprint density at radius 3 is 2.56 bits per heavy atom. The van der Waals surface area contributed by atoms with Crippen LogP contribution in [0.2, 0.25) is 0 Å². The molecular formula is C18H17FN2O3S. The fraction of sp³-hybridized carbons (Fsp3) is 0.222. The largest absolute Gasteiger partial charge is 0.385 e. The second-order valence-electron chi connectivity index (χ2n) is 5.47. The van der Waals surface area contributed by atoms with Crippen LogP contribution in [0.15, 0.2) is 47.5 Å². The Morgan fingerprint density at radius 2 is 1.92 bits per heavy atom.